The van der Waals surface area contributed by atoms with Crippen LogP contribution in [0.2, 0.25) is 0 Å². The van der Waals surface area contributed by atoms with Crippen molar-refractivity contribution in [2.45, 2.75) is 45.4 Å². The van der Waals surface area contributed by atoms with Crippen LogP contribution in [-0.4, -0.2) is 29.2 Å². The van der Waals surface area contributed by atoms with Gasteiger partial charge >= 0.3 is 0 Å². The molecule has 1 aromatic heterocycles. The van der Waals surface area contributed by atoms with Crippen molar-refractivity contribution in [2.75, 3.05) is 18.5 Å². The number of hydrogen-bond donors (Lipinski definition) is 2. The molecule has 1 aliphatic heterocycles. The molecule has 2 aromatic carbocycles. The van der Waals surface area contributed by atoms with E-state index in [1.54, 1.807) is 0 Å². The first-order valence-electron chi connectivity index (χ1n) is 11.3. The third-order valence-corrected chi connectivity index (χ3v) is 5.92. The number of nitrogens with zero attached hydrogens (tertiary/aromatic N) is 1. The fourth-order valence-corrected chi connectivity index (χ4v) is 4.33. The molecule has 0 radical (unpaired) electrons. The lowest BCUT2D eigenvalue weighted by atomic mass is 10.0. The Labute approximate surface area is 189 Å². The Morgan fingerprint density at radius 3 is 2.50 bits per heavy atom. The van der Waals surface area contributed by atoms with Gasteiger partial charge < -0.3 is 15.2 Å². The van der Waals surface area contributed by atoms with Gasteiger partial charge in [0, 0.05) is 25.6 Å². The predicted molar refractivity (Wildman–Crippen MR) is 127 cm³/mol. The highest BCUT2D eigenvalue weighted by Gasteiger charge is 2.14. The Balaban J connectivity index is 0.000000567. The van der Waals surface area contributed by atoms with Crippen LogP contribution in [0.25, 0.3) is 0 Å². The summed E-state index contributed by atoms with van der Waals surface area (Å²) >= 11 is 0. The normalized spacial score (nSPS) is 13.8. The van der Waals surface area contributed by atoms with Crippen LogP contribution in [0.1, 0.15) is 46.9 Å². The molecule has 32 heavy (non-hydrogen) atoms. The Morgan fingerprint density at radius 1 is 0.969 bits per heavy atom. The molecule has 5 rings (SSSR count). The van der Waals surface area contributed by atoms with E-state index in [1.165, 1.54) is 34.2 Å². The molecule has 0 bridgehead atoms. The summed E-state index contributed by atoms with van der Waals surface area (Å²) in [5, 5.41) is 10.8. The summed E-state index contributed by atoms with van der Waals surface area (Å²) in [6.45, 7) is 2.76. The van der Waals surface area contributed by atoms with Crippen LogP contribution >= 0.6 is 0 Å². The molecule has 166 valence electrons. The monoisotopic (exact) mass is 430 g/mol. The molecule has 0 amide bonds. The van der Waals surface area contributed by atoms with Crippen molar-refractivity contribution in [3.8, 4) is 5.75 Å². The fourth-order valence-electron chi connectivity index (χ4n) is 4.33. The molecular formula is C27H30N2O3. The molecule has 0 saturated heterocycles. The van der Waals surface area contributed by atoms with E-state index >= 15 is 0 Å². The minimum Gasteiger partial charge on any atom is -0.493 e. The van der Waals surface area contributed by atoms with E-state index in [-0.39, 0.29) is 0 Å². The Hall–Kier alpha value is -3.34. The summed E-state index contributed by atoms with van der Waals surface area (Å²) in [6.07, 6.45) is 6.39. The average molecular weight is 431 g/mol. The van der Waals surface area contributed by atoms with E-state index < -0.39 is 5.97 Å². The second-order valence-corrected chi connectivity index (χ2v) is 8.33. The molecule has 0 spiro atoms. The predicted octanol–water partition coefficient (Wildman–Crippen LogP) is 4.84. The highest BCUT2D eigenvalue weighted by atomic mass is 16.5. The maximum Gasteiger partial charge on any atom is 0.300 e. The van der Waals surface area contributed by atoms with Crippen LogP contribution in [-0.2, 0) is 36.9 Å². The molecule has 3 aromatic rings. The van der Waals surface area contributed by atoms with Crippen LogP contribution < -0.4 is 10.1 Å². The minimum atomic E-state index is -0.833. The van der Waals surface area contributed by atoms with E-state index in [4.69, 9.17) is 19.6 Å². The summed E-state index contributed by atoms with van der Waals surface area (Å²) in [4.78, 5) is 13.8. The number of carboxylic acid groups (broad SMARTS) is 1. The number of carbonyl (C=O) groups is 1. The standard InChI is InChI=1S/C25H26N2O.C2H4O2/c1-2-5-21-16-22-17-24(12-10-19(22)8-7-18(21)4-1)28-15-13-23-11-9-20-6-3-14-26-25(20)27-23;1-2(3)4/h1-2,4-5,9-12,17H,3,6-8,13-16H2,(H,26,27);1H3,(H,3,4). The van der Waals surface area contributed by atoms with Crippen LogP contribution in [0.4, 0.5) is 5.82 Å². The molecule has 2 aliphatic rings. The van der Waals surface area contributed by atoms with Gasteiger partial charge in [0.1, 0.15) is 11.6 Å². The summed E-state index contributed by atoms with van der Waals surface area (Å²) in [6, 6.07) is 19.8. The summed E-state index contributed by atoms with van der Waals surface area (Å²) < 4.78 is 6.09. The van der Waals surface area contributed by atoms with Gasteiger partial charge in [0.25, 0.3) is 5.97 Å². The number of aromatic nitrogens is 1. The van der Waals surface area contributed by atoms with E-state index in [1.807, 2.05) is 0 Å². The van der Waals surface area contributed by atoms with Gasteiger partial charge in [-0.25, -0.2) is 4.98 Å². The number of ether oxygens (including phenoxy) is 1. The topological polar surface area (TPSA) is 71.5 Å². The Morgan fingerprint density at radius 2 is 1.69 bits per heavy atom. The van der Waals surface area contributed by atoms with E-state index in [0.717, 1.165) is 62.8 Å². The van der Waals surface area contributed by atoms with E-state index in [9.17, 15) is 0 Å². The van der Waals surface area contributed by atoms with Gasteiger partial charge in [-0.2, -0.15) is 0 Å². The smallest absolute Gasteiger partial charge is 0.300 e. The van der Waals surface area contributed by atoms with Crippen LogP contribution in [0.5, 0.6) is 5.75 Å². The number of fused-ring (bicyclic) bond motifs is 3. The van der Waals surface area contributed by atoms with E-state index in [2.05, 4.69) is 59.9 Å². The zero-order chi connectivity index (χ0) is 22.3. The molecule has 0 atom stereocenters. The van der Waals surface area contributed by atoms with Gasteiger partial charge in [-0.3, -0.25) is 4.79 Å². The summed E-state index contributed by atoms with van der Waals surface area (Å²) in [5.41, 5.74) is 8.21. The first kappa shape index (κ1) is 21.9. The zero-order valence-electron chi connectivity index (χ0n) is 18.6. The lowest BCUT2D eigenvalue weighted by Gasteiger charge is -2.17. The lowest BCUT2D eigenvalue weighted by molar-refractivity contribution is -0.134. The summed E-state index contributed by atoms with van der Waals surface area (Å²) in [7, 11) is 0. The van der Waals surface area contributed by atoms with Gasteiger partial charge in [0.05, 0.1) is 6.61 Å². The van der Waals surface area contributed by atoms with Crippen molar-refractivity contribution in [3.05, 3.63) is 88.1 Å². The highest BCUT2D eigenvalue weighted by Crippen LogP contribution is 2.27. The number of nitrogens with one attached hydrogen (secondary N) is 1. The number of rotatable bonds is 4. The fraction of sp³-hybridized carbons (Fsp3) is 0.333. The minimum absolute atomic E-state index is 0.654. The van der Waals surface area contributed by atoms with Gasteiger partial charge in [-0.15, -0.1) is 0 Å². The largest absolute Gasteiger partial charge is 0.493 e. The van der Waals surface area contributed by atoms with Crippen molar-refractivity contribution in [3.63, 3.8) is 0 Å². The maximum absolute atomic E-state index is 9.00. The number of benzene rings is 2. The number of pyridine rings is 1. The van der Waals surface area contributed by atoms with Crippen molar-refractivity contribution >= 4 is 11.8 Å². The van der Waals surface area contributed by atoms with Crippen molar-refractivity contribution in [1.82, 2.24) is 4.98 Å². The Kier molecular flexibility index (Phi) is 7.05. The Bertz CT molecular complexity index is 1090. The number of aliphatic carboxylic acids is 1. The molecule has 0 unspecified atom stereocenters. The number of carboxylic acids is 1. The summed E-state index contributed by atoms with van der Waals surface area (Å²) in [5.74, 6) is 1.20. The molecule has 0 fully saturated rings. The van der Waals surface area contributed by atoms with Crippen molar-refractivity contribution in [1.29, 1.82) is 0 Å². The first-order chi connectivity index (χ1) is 15.6. The second kappa shape index (κ2) is 10.3. The highest BCUT2D eigenvalue weighted by molar-refractivity contribution is 5.63. The SMILES string of the molecule is CC(=O)O.c1ccc2c(c1)CCc1ccc(OCCc3ccc4c(n3)NCCC4)cc1C2. The van der Waals surface area contributed by atoms with Crippen LogP contribution in [0.15, 0.2) is 54.6 Å². The van der Waals surface area contributed by atoms with Gasteiger partial charge in [-0.1, -0.05) is 36.4 Å². The third-order valence-electron chi connectivity index (χ3n) is 5.92. The molecule has 5 nitrogen and oxygen atoms in total. The van der Waals surface area contributed by atoms with E-state index in [0.29, 0.717) is 6.61 Å². The zero-order valence-corrected chi connectivity index (χ0v) is 18.6. The number of hydrogen-bond acceptors (Lipinski definition) is 4. The van der Waals surface area contributed by atoms with Crippen molar-refractivity contribution in [2.24, 2.45) is 0 Å². The first-order valence-corrected chi connectivity index (χ1v) is 11.3. The molecular weight excluding hydrogens is 400 g/mol. The second-order valence-electron chi connectivity index (χ2n) is 8.33. The van der Waals surface area contributed by atoms with Gasteiger partial charge in [0.15, 0.2) is 0 Å². The van der Waals surface area contributed by atoms with Gasteiger partial charge in [0.2, 0.25) is 0 Å². The maximum atomic E-state index is 9.00. The molecule has 1 aliphatic carbocycles. The molecule has 5 heteroatoms. The third kappa shape index (κ3) is 5.67. The lowest BCUT2D eigenvalue weighted by Crippen LogP contribution is -2.14. The molecule has 2 heterocycles. The van der Waals surface area contributed by atoms with Crippen molar-refractivity contribution < 1.29 is 14.6 Å². The quantitative estimate of drug-likeness (QED) is 0.620. The average Bonchev–Trinajstić information content (AvgIpc) is 2.97. The number of anilines is 1. The molecule has 0 saturated carbocycles. The van der Waals surface area contributed by atoms with Crippen LogP contribution in [0, 0.1) is 0 Å². The van der Waals surface area contributed by atoms with Crippen LogP contribution in [0.3, 0.4) is 0 Å². The van der Waals surface area contributed by atoms with Gasteiger partial charge in [-0.05, 0) is 78.1 Å². The number of aryl methyl sites for hydroxylation is 3. The molecule has 2 N–H and O–H groups in total.